The van der Waals surface area contributed by atoms with Crippen molar-refractivity contribution < 1.29 is 0 Å². The molecule has 3 rings (SSSR count). The normalized spacial score (nSPS) is 19.4. The van der Waals surface area contributed by atoms with E-state index >= 15 is 0 Å². The second-order valence-electron chi connectivity index (χ2n) is 7.90. The van der Waals surface area contributed by atoms with Crippen molar-refractivity contribution in [2.45, 2.75) is 53.4 Å². The van der Waals surface area contributed by atoms with Gasteiger partial charge >= 0.3 is 0 Å². The topological polar surface area (TPSA) is 0 Å². The summed E-state index contributed by atoms with van der Waals surface area (Å²) in [6, 6.07) is 4.65. The third-order valence-electron chi connectivity index (χ3n) is 6.09. The maximum atomic E-state index is 3.73. The van der Waals surface area contributed by atoms with E-state index in [1.807, 2.05) is 12.2 Å². The molecule has 2 aliphatic carbocycles. The summed E-state index contributed by atoms with van der Waals surface area (Å²) in [6.45, 7) is 12.9. The molecule has 0 N–H and O–H groups in total. The van der Waals surface area contributed by atoms with Crippen LogP contribution in [0.25, 0.3) is 17.7 Å². The largest absolute Gasteiger partial charge is 0.0991 e. The Morgan fingerprint density at radius 1 is 1.22 bits per heavy atom. The van der Waals surface area contributed by atoms with Crippen LogP contribution in [0.1, 0.15) is 58.1 Å². The Morgan fingerprint density at radius 2 is 2.04 bits per heavy atom. The number of hydrogen-bond donors (Lipinski definition) is 0. The number of benzene rings is 1. The number of fused-ring (bicyclic) bond motifs is 3. The summed E-state index contributed by atoms with van der Waals surface area (Å²) < 4.78 is 0. The Bertz CT molecular complexity index is 974. The molecule has 140 valence electrons. The molecule has 1 aromatic rings. The Labute approximate surface area is 164 Å². The molecule has 0 nitrogen and oxygen atoms in total. The van der Waals surface area contributed by atoms with Gasteiger partial charge in [0.25, 0.3) is 0 Å². The van der Waals surface area contributed by atoms with Crippen LogP contribution in [0.5, 0.6) is 0 Å². The van der Waals surface area contributed by atoms with E-state index in [0.717, 1.165) is 12.8 Å². The molecule has 0 heteroatoms. The molecule has 1 aromatic carbocycles. The Hall–Kier alpha value is -2.34. The van der Waals surface area contributed by atoms with Gasteiger partial charge in [0.1, 0.15) is 0 Å². The van der Waals surface area contributed by atoms with Gasteiger partial charge in [0.05, 0.1) is 0 Å². The van der Waals surface area contributed by atoms with Gasteiger partial charge in [-0.05, 0) is 78.2 Å². The van der Waals surface area contributed by atoms with Crippen LogP contribution in [0, 0.1) is 5.92 Å². The van der Waals surface area contributed by atoms with E-state index in [9.17, 15) is 0 Å². The van der Waals surface area contributed by atoms with Crippen LogP contribution >= 0.6 is 0 Å². The molecule has 0 heterocycles. The van der Waals surface area contributed by atoms with Crippen molar-refractivity contribution in [1.82, 2.24) is 0 Å². The van der Waals surface area contributed by atoms with E-state index in [4.69, 9.17) is 0 Å². The second-order valence-corrected chi connectivity index (χ2v) is 7.90. The van der Waals surface area contributed by atoms with Crippen LogP contribution in [-0.4, -0.2) is 0 Å². The van der Waals surface area contributed by atoms with Crippen LogP contribution in [0.15, 0.2) is 65.8 Å². The van der Waals surface area contributed by atoms with Gasteiger partial charge in [0.2, 0.25) is 0 Å². The van der Waals surface area contributed by atoms with Crippen molar-refractivity contribution in [2.75, 3.05) is 0 Å². The molecule has 1 unspecified atom stereocenters. The average Bonchev–Trinajstić information content (AvgIpc) is 2.69. The lowest BCUT2D eigenvalue weighted by molar-refractivity contribution is 0.656. The maximum absolute atomic E-state index is 3.73. The summed E-state index contributed by atoms with van der Waals surface area (Å²) in [6.07, 6.45) is 19.8. The van der Waals surface area contributed by atoms with Crippen LogP contribution < -0.4 is 10.4 Å². The summed E-state index contributed by atoms with van der Waals surface area (Å²) in [5.41, 5.74) is 8.82. The Kier molecular flexibility index (Phi) is 6.16. The quantitative estimate of drug-likeness (QED) is 0.565. The summed E-state index contributed by atoms with van der Waals surface area (Å²) >= 11 is 0. The van der Waals surface area contributed by atoms with Crippen molar-refractivity contribution in [2.24, 2.45) is 5.92 Å². The van der Waals surface area contributed by atoms with Gasteiger partial charge in [-0.1, -0.05) is 86.2 Å². The first-order valence-electron chi connectivity index (χ1n) is 10.3. The van der Waals surface area contributed by atoms with Gasteiger partial charge in [-0.15, -0.1) is 0 Å². The van der Waals surface area contributed by atoms with Gasteiger partial charge in [-0.25, -0.2) is 0 Å². The molecule has 0 spiro atoms. The highest BCUT2D eigenvalue weighted by Gasteiger charge is 2.18. The molecule has 1 atom stereocenters. The summed E-state index contributed by atoms with van der Waals surface area (Å²) in [5, 5.41) is 2.82. The third kappa shape index (κ3) is 4.16. The molecule has 27 heavy (non-hydrogen) atoms. The molecule has 0 aliphatic heterocycles. The van der Waals surface area contributed by atoms with E-state index < -0.39 is 0 Å². The molecule has 0 aromatic heterocycles. The molecule has 2 aliphatic rings. The maximum Gasteiger partial charge on any atom is -0.00879 e. The fourth-order valence-electron chi connectivity index (χ4n) is 3.99. The lowest BCUT2D eigenvalue weighted by Gasteiger charge is -2.23. The first-order chi connectivity index (χ1) is 13.0. The van der Waals surface area contributed by atoms with Crippen LogP contribution in [0.3, 0.4) is 0 Å². The molecular formula is C27H32. The lowest BCUT2D eigenvalue weighted by Crippen LogP contribution is -2.33. The second kappa shape index (κ2) is 8.57. The molecule has 0 saturated heterocycles. The minimum atomic E-state index is 0.643. The van der Waals surface area contributed by atoms with Crippen LogP contribution in [0.4, 0.5) is 0 Å². The zero-order valence-electron chi connectivity index (χ0n) is 17.3. The van der Waals surface area contributed by atoms with Crippen molar-refractivity contribution in [3.8, 4) is 0 Å². The van der Waals surface area contributed by atoms with Crippen molar-refractivity contribution in [3.63, 3.8) is 0 Å². The van der Waals surface area contributed by atoms with Gasteiger partial charge in [-0.3, -0.25) is 0 Å². The van der Waals surface area contributed by atoms with Gasteiger partial charge in [0.15, 0.2) is 0 Å². The zero-order chi connectivity index (χ0) is 19.4. The molecule has 0 fully saturated rings. The predicted octanol–water partition coefficient (Wildman–Crippen LogP) is 6.03. The van der Waals surface area contributed by atoms with E-state index in [0.29, 0.717) is 5.92 Å². The fourth-order valence-corrected chi connectivity index (χ4v) is 3.99. The Balaban J connectivity index is 2.08. The smallest absolute Gasteiger partial charge is 0.00879 e. The minimum Gasteiger partial charge on any atom is -0.0991 e. The molecule has 0 amide bonds. The lowest BCUT2D eigenvalue weighted by atomic mass is 9.82. The number of hydrogen-bond acceptors (Lipinski definition) is 0. The highest BCUT2D eigenvalue weighted by molar-refractivity contribution is 5.81. The van der Waals surface area contributed by atoms with E-state index in [1.165, 1.54) is 51.1 Å². The van der Waals surface area contributed by atoms with Gasteiger partial charge < -0.3 is 0 Å². The van der Waals surface area contributed by atoms with Gasteiger partial charge in [-0.2, -0.15) is 0 Å². The van der Waals surface area contributed by atoms with Crippen molar-refractivity contribution >= 4 is 17.7 Å². The van der Waals surface area contributed by atoms with E-state index in [-0.39, 0.29) is 0 Å². The average molecular weight is 357 g/mol. The summed E-state index contributed by atoms with van der Waals surface area (Å²) in [5.74, 6) is 0.643. The number of allylic oxidation sites excluding steroid dienone is 9. The zero-order valence-corrected chi connectivity index (χ0v) is 17.3. The van der Waals surface area contributed by atoms with E-state index in [1.54, 1.807) is 5.56 Å². The summed E-state index contributed by atoms with van der Waals surface area (Å²) in [4.78, 5) is 0. The highest BCUT2D eigenvalue weighted by Crippen LogP contribution is 2.32. The molecule has 0 bridgehead atoms. The molecule has 0 radical (unpaired) electrons. The SMILES string of the molecule is C=C/C=C\C=C1\C=c2ccc3c(c2=CC1)CCC(C)=C3/C=C(/C)C(C)CC. The van der Waals surface area contributed by atoms with E-state index in [2.05, 4.69) is 76.8 Å². The predicted molar refractivity (Wildman–Crippen MR) is 121 cm³/mol. The van der Waals surface area contributed by atoms with Crippen molar-refractivity contribution in [1.29, 1.82) is 0 Å². The van der Waals surface area contributed by atoms with Gasteiger partial charge in [0, 0.05) is 0 Å². The fraction of sp³-hybridized carbons (Fsp3) is 0.333. The standard InChI is InChI=1S/C27H32/c1-6-8-9-10-22-12-15-24-23(18-22)13-16-26-25(24)14-11-20(4)27(26)17-21(5)19(3)7-2/h6,8-10,13,15-19H,1,7,11-12,14H2,2-5H3/b9-8-,21-17-,22-10+. The third-order valence-corrected chi connectivity index (χ3v) is 6.09. The minimum absolute atomic E-state index is 0.643. The van der Waals surface area contributed by atoms with Crippen LogP contribution in [-0.2, 0) is 6.42 Å². The molecule has 0 saturated carbocycles. The monoisotopic (exact) mass is 356 g/mol. The summed E-state index contributed by atoms with van der Waals surface area (Å²) in [7, 11) is 0. The van der Waals surface area contributed by atoms with Crippen molar-refractivity contribution in [3.05, 3.63) is 87.4 Å². The first-order valence-corrected chi connectivity index (χ1v) is 10.3. The Morgan fingerprint density at radius 3 is 2.78 bits per heavy atom. The van der Waals surface area contributed by atoms with Crippen LogP contribution in [0.2, 0.25) is 0 Å². The molecular weight excluding hydrogens is 324 g/mol. The number of rotatable bonds is 5. The highest BCUT2D eigenvalue weighted by atomic mass is 14.2. The first kappa shape index (κ1) is 19.4.